The molecular weight excluding hydrogens is 346 g/mol. The molecule has 1 aliphatic rings. The van der Waals surface area contributed by atoms with Crippen molar-refractivity contribution < 1.29 is 9.59 Å². The van der Waals surface area contributed by atoms with Gasteiger partial charge in [-0.15, -0.1) is 0 Å². The average molecular weight is 378 g/mol. The van der Waals surface area contributed by atoms with Gasteiger partial charge in [0.1, 0.15) is 6.54 Å². The predicted octanol–water partition coefficient (Wildman–Crippen LogP) is 3.27. The molecule has 0 atom stereocenters. The first-order chi connectivity index (χ1) is 12.6. The van der Waals surface area contributed by atoms with E-state index in [0.717, 1.165) is 17.7 Å². The molecule has 0 bridgehead atoms. The Labute approximate surface area is 161 Å². The molecule has 5 nitrogen and oxygen atoms in total. The van der Waals surface area contributed by atoms with Gasteiger partial charge in [-0.2, -0.15) is 11.8 Å². The van der Waals surface area contributed by atoms with E-state index in [4.69, 9.17) is 0 Å². The van der Waals surface area contributed by atoms with E-state index in [9.17, 15) is 9.59 Å². The second-order valence-electron chi connectivity index (χ2n) is 6.78. The third kappa shape index (κ3) is 6.90. The lowest BCUT2D eigenvalue weighted by molar-refractivity contribution is -0.121. The Morgan fingerprint density at radius 2 is 1.81 bits per heavy atom. The lowest BCUT2D eigenvalue weighted by atomic mass is 10.1. The van der Waals surface area contributed by atoms with Gasteiger partial charge in [0.05, 0.1) is 0 Å². The van der Waals surface area contributed by atoms with Crippen molar-refractivity contribution in [3.05, 3.63) is 35.4 Å². The van der Waals surface area contributed by atoms with Crippen LogP contribution in [0.2, 0.25) is 0 Å². The number of hydrogen-bond acceptors (Lipinski definition) is 3. The zero-order valence-corrected chi connectivity index (χ0v) is 16.8. The summed E-state index contributed by atoms with van der Waals surface area (Å²) < 4.78 is 0. The van der Waals surface area contributed by atoms with Gasteiger partial charge in [0.2, 0.25) is 5.91 Å². The number of hydrogen-bond donors (Lipinski definition) is 1. The number of thioether (sulfide) groups is 1. The van der Waals surface area contributed by atoms with Crippen LogP contribution in [0.4, 0.5) is 4.79 Å². The maximum absolute atomic E-state index is 12.5. The molecule has 0 saturated carbocycles. The van der Waals surface area contributed by atoms with Crippen molar-refractivity contribution in [2.45, 2.75) is 39.7 Å². The summed E-state index contributed by atoms with van der Waals surface area (Å²) in [5, 5.41) is 2.93. The minimum absolute atomic E-state index is 0.0455. The summed E-state index contributed by atoms with van der Waals surface area (Å²) in [7, 11) is 0. The summed E-state index contributed by atoms with van der Waals surface area (Å²) >= 11 is 1.94. The molecule has 0 spiro atoms. The van der Waals surface area contributed by atoms with Gasteiger partial charge in [-0.3, -0.25) is 4.79 Å². The quantitative estimate of drug-likeness (QED) is 0.602. The molecule has 26 heavy (non-hydrogen) atoms. The average Bonchev–Trinajstić information content (AvgIpc) is 2.96. The smallest absolute Gasteiger partial charge is 0.320 e. The Kier molecular flexibility index (Phi) is 8.81. The van der Waals surface area contributed by atoms with Crippen LogP contribution in [0, 0.1) is 6.92 Å². The van der Waals surface area contributed by atoms with Gasteiger partial charge in [-0.05, 0) is 36.8 Å². The molecule has 6 heteroatoms. The Balaban J connectivity index is 1.64. The van der Waals surface area contributed by atoms with Crippen LogP contribution >= 0.6 is 11.8 Å². The Hall–Kier alpha value is -1.69. The van der Waals surface area contributed by atoms with Crippen molar-refractivity contribution in [2.24, 2.45) is 0 Å². The van der Waals surface area contributed by atoms with Crippen LogP contribution in [-0.4, -0.2) is 59.4 Å². The first kappa shape index (κ1) is 20.6. The first-order valence-corrected chi connectivity index (χ1v) is 10.7. The molecule has 0 aromatic heterocycles. The van der Waals surface area contributed by atoms with Gasteiger partial charge < -0.3 is 15.1 Å². The lowest BCUT2D eigenvalue weighted by Gasteiger charge is -2.18. The van der Waals surface area contributed by atoms with Crippen molar-refractivity contribution in [3.63, 3.8) is 0 Å². The Morgan fingerprint density at radius 3 is 2.54 bits per heavy atom. The number of carbonyl (C=O) groups excluding carboxylic acids is 2. The number of carbonyl (C=O) groups is 2. The van der Waals surface area contributed by atoms with Crippen LogP contribution in [0.15, 0.2) is 24.3 Å². The minimum atomic E-state index is -0.0610. The lowest BCUT2D eigenvalue weighted by Crippen LogP contribution is -2.40. The zero-order valence-electron chi connectivity index (χ0n) is 16.0. The molecule has 144 valence electrons. The molecule has 0 radical (unpaired) electrons. The van der Waals surface area contributed by atoms with Gasteiger partial charge in [0.25, 0.3) is 0 Å². The van der Waals surface area contributed by atoms with E-state index < -0.39 is 0 Å². The van der Waals surface area contributed by atoms with E-state index in [1.807, 2.05) is 16.7 Å². The maximum atomic E-state index is 12.5. The van der Waals surface area contributed by atoms with Crippen LogP contribution in [0.5, 0.6) is 0 Å². The van der Waals surface area contributed by atoms with E-state index in [2.05, 4.69) is 43.4 Å². The van der Waals surface area contributed by atoms with Gasteiger partial charge in [-0.1, -0.05) is 43.2 Å². The SMILES string of the molecule is CCCCSCCCNC(=O)CN1CCN(Cc2ccc(C)cc2)C1=O. The summed E-state index contributed by atoms with van der Waals surface area (Å²) in [6, 6.07) is 8.17. The summed E-state index contributed by atoms with van der Waals surface area (Å²) in [5.41, 5.74) is 2.33. The highest BCUT2D eigenvalue weighted by Gasteiger charge is 2.29. The van der Waals surface area contributed by atoms with Crippen LogP contribution < -0.4 is 5.32 Å². The number of amides is 3. The van der Waals surface area contributed by atoms with E-state index in [1.165, 1.54) is 24.2 Å². The van der Waals surface area contributed by atoms with Gasteiger partial charge >= 0.3 is 6.03 Å². The fourth-order valence-corrected chi connectivity index (χ4v) is 3.87. The molecule has 3 amide bonds. The second-order valence-corrected chi connectivity index (χ2v) is 8.01. The third-order valence-corrected chi connectivity index (χ3v) is 5.59. The molecule has 1 saturated heterocycles. The highest BCUT2D eigenvalue weighted by atomic mass is 32.2. The standard InChI is InChI=1S/C20H31N3O2S/c1-3-4-13-26-14-5-10-21-19(24)16-23-12-11-22(20(23)25)15-18-8-6-17(2)7-9-18/h6-9H,3-5,10-16H2,1-2H3,(H,21,24). The van der Waals surface area contributed by atoms with Crippen molar-refractivity contribution >= 4 is 23.7 Å². The number of rotatable bonds is 11. The fraction of sp³-hybridized carbons (Fsp3) is 0.600. The fourth-order valence-electron chi connectivity index (χ4n) is 2.82. The molecule has 0 aliphatic carbocycles. The maximum Gasteiger partial charge on any atom is 0.320 e. The highest BCUT2D eigenvalue weighted by Crippen LogP contribution is 2.14. The Bertz CT molecular complexity index is 577. The molecule has 1 aliphatic heterocycles. The summed E-state index contributed by atoms with van der Waals surface area (Å²) in [5.74, 6) is 2.21. The third-order valence-electron chi connectivity index (χ3n) is 4.44. The highest BCUT2D eigenvalue weighted by molar-refractivity contribution is 7.99. The number of benzene rings is 1. The van der Waals surface area contributed by atoms with Gasteiger partial charge in [-0.25, -0.2) is 4.79 Å². The number of nitrogens with zero attached hydrogens (tertiary/aromatic N) is 2. The largest absolute Gasteiger partial charge is 0.355 e. The zero-order chi connectivity index (χ0) is 18.8. The number of nitrogens with one attached hydrogen (secondary N) is 1. The van der Waals surface area contributed by atoms with E-state index in [0.29, 0.717) is 26.2 Å². The molecule has 2 rings (SSSR count). The molecule has 1 aromatic rings. The van der Waals surface area contributed by atoms with Crippen molar-refractivity contribution in [1.82, 2.24) is 15.1 Å². The molecule has 1 heterocycles. The predicted molar refractivity (Wildman–Crippen MR) is 108 cm³/mol. The van der Waals surface area contributed by atoms with E-state index in [1.54, 1.807) is 4.90 Å². The summed E-state index contributed by atoms with van der Waals surface area (Å²) in [4.78, 5) is 28.0. The molecular formula is C20H31N3O2S. The molecule has 1 fully saturated rings. The molecule has 1 aromatic carbocycles. The van der Waals surface area contributed by atoms with Gasteiger partial charge in [0.15, 0.2) is 0 Å². The van der Waals surface area contributed by atoms with E-state index >= 15 is 0 Å². The number of urea groups is 1. The van der Waals surface area contributed by atoms with Crippen LogP contribution in [0.25, 0.3) is 0 Å². The van der Waals surface area contributed by atoms with Crippen molar-refractivity contribution in [3.8, 4) is 0 Å². The Morgan fingerprint density at radius 1 is 1.12 bits per heavy atom. The minimum Gasteiger partial charge on any atom is -0.355 e. The summed E-state index contributed by atoms with van der Waals surface area (Å²) in [6.45, 7) is 6.99. The van der Waals surface area contributed by atoms with Crippen molar-refractivity contribution in [1.29, 1.82) is 0 Å². The topological polar surface area (TPSA) is 52.7 Å². The monoisotopic (exact) mass is 377 g/mol. The van der Waals surface area contributed by atoms with Gasteiger partial charge in [0, 0.05) is 26.2 Å². The first-order valence-electron chi connectivity index (χ1n) is 9.54. The number of aryl methyl sites for hydroxylation is 1. The van der Waals surface area contributed by atoms with Crippen LogP contribution in [0.3, 0.4) is 0 Å². The van der Waals surface area contributed by atoms with Crippen LogP contribution in [-0.2, 0) is 11.3 Å². The van der Waals surface area contributed by atoms with Crippen LogP contribution in [0.1, 0.15) is 37.3 Å². The number of unbranched alkanes of at least 4 members (excludes halogenated alkanes) is 1. The van der Waals surface area contributed by atoms with E-state index in [-0.39, 0.29) is 18.5 Å². The van der Waals surface area contributed by atoms with Crippen molar-refractivity contribution in [2.75, 3.05) is 37.7 Å². The molecule has 0 unspecified atom stereocenters. The summed E-state index contributed by atoms with van der Waals surface area (Å²) in [6.07, 6.45) is 3.47. The second kappa shape index (κ2) is 11.1. The molecule has 1 N–H and O–H groups in total. The normalized spacial score (nSPS) is 14.2.